The third-order valence-electron chi connectivity index (χ3n) is 5.09. The molecule has 30 heavy (non-hydrogen) atoms. The quantitative estimate of drug-likeness (QED) is 0.254. The van der Waals surface area contributed by atoms with E-state index in [4.69, 9.17) is 14.2 Å². The van der Waals surface area contributed by atoms with E-state index in [9.17, 15) is 9.59 Å². The van der Waals surface area contributed by atoms with Crippen LogP contribution in [0.15, 0.2) is 18.3 Å². The summed E-state index contributed by atoms with van der Waals surface area (Å²) in [5.41, 5.74) is 0.673. The van der Waals surface area contributed by atoms with Crippen LogP contribution in [0.25, 0.3) is 6.08 Å². The van der Waals surface area contributed by atoms with E-state index in [2.05, 4.69) is 4.98 Å². The SMILES string of the molecule is CCOC(=O)CCCCCOc1cc(/C=C/C(=O)C2CCCCC2)ncc1OC.Cl. The number of carbonyl (C=O) groups is 2. The van der Waals surface area contributed by atoms with Gasteiger partial charge in [-0.15, -0.1) is 12.4 Å². The minimum Gasteiger partial charge on any atom is -0.491 e. The Labute approximate surface area is 185 Å². The van der Waals surface area contributed by atoms with Gasteiger partial charge in [0.1, 0.15) is 0 Å². The maximum absolute atomic E-state index is 12.3. The summed E-state index contributed by atoms with van der Waals surface area (Å²) in [6.45, 7) is 2.75. The lowest BCUT2D eigenvalue weighted by molar-refractivity contribution is -0.143. The molecule has 0 saturated heterocycles. The number of aromatic nitrogens is 1. The smallest absolute Gasteiger partial charge is 0.305 e. The maximum Gasteiger partial charge on any atom is 0.305 e. The van der Waals surface area contributed by atoms with E-state index >= 15 is 0 Å². The maximum atomic E-state index is 12.3. The summed E-state index contributed by atoms with van der Waals surface area (Å²) in [6, 6.07) is 1.79. The minimum atomic E-state index is -0.150. The number of ketones is 1. The third kappa shape index (κ3) is 9.16. The van der Waals surface area contributed by atoms with Crippen LogP contribution in [0.2, 0.25) is 0 Å². The van der Waals surface area contributed by atoms with Crippen LogP contribution >= 0.6 is 12.4 Å². The molecule has 0 unspecified atom stereocenters. The number of hydrogen-bond acceptors (Lipinski definition) is 6. The summed E-state index contributed by atoms with van der Waals surface area (Å²) in [5, 5.41) is 0. The van der Waals surface area contributed by atoms with Gasteiger partial charge in [0.15, 0.2) is 17.3 Å². The number of ether oxygens (including phenoxy) is 3. The number of halogens is 1. The van der Waals surface area contributed by atoms with Crippen LogP contribution in [0.5, 0.6) is 11.5 Å². The Hall–Kier alpha value is -2.08. The fraction of sp³-hybridized carbons (Fsp3) is 0.609. The number of esters is 1. The molecule has 0 bridgehead atoms. The standard InChI is InChI=1S/C23H33NO5.ClH/c1-3-28-23(26)12-8-5-9-15-29-21-16-19(24-17-22(21)27-2)13-14-20(25)18-10-6-4-7-11-18;/h13-14,16-18H,3-12,15H2,1-2H3;1H/b14-13+;. The van der Waals surface area contributed by atoms with Gasteiger partial charge in [0.25, 0.3) is 0 Å². The predicted molar refractivity (Wildman–Crippen MR) is 119 cm³/mol. The lowest BCUT2D eigenvalue weighted by atomic mass is 9.86. The molecule has 2 rings (SSSR count). The molecule has 1 aliphatic carbocycles. The number of allylic oxidation sites excluding steroid dienone is 1. The van der Waals surface area contributed by atoms with E-state index in [0.29, 0.717) is 36.8 Å². The van der Waals surface area contributed by atoms with Crippen molar-refractivity contribution in [1.82, 2.24) is 4.98 Å². The lowest BCUT2D eigenvalue weighted by Crippen LogP contribution is -2.15. The monoisotopic (exact) mass is 439 g/mol. The zero-order valence-corrected chi connectivity index (χ0v) is 18.9. The summed E-state index contributed by atoms with van der Waals surface area (Å²) in [5.74, 6) is 1.36. The first-order chi connectivity index (χ1) is 14.1. The molecule has 7 heteroatoms. The molecule has 0 aromatic carbocycles. The highest BCUT2D eigenvalue weighted by Gasteiger charge is 2.18. The Morgan fingerprint density at radius 2 is 1.90 bits per heavy atom. The number of nitrogens with zero attached hydrogens (tertiary/aromatic N) is 1. The Bertz CT molecular complexity index is 686. The van der Waals surface area contributed by atoms with Gasteiger partial charge in [-0.25, -0.2) is 0 Å². The molecule has 0 amide bonds. The van der Waals surface area contributed by atoms with Gasteiger partial charge in [-0.3, -0.25) is 14.6 Å². The van der Waals surface area contributed by atoms with Crippen molar-refractivity contribution < 1.29 is 23.8 Å². The molecule has 1 aromatic heterocycles. The van der Waals surface area contributed by atoms with Gasteiger partial charge in [-0.1, -0.05) is 19.3 Å². The average Bonchev–Trinajstić information content (AvgIpc) is 2.75. The van der Waals surface area contributed by atoms with Crippen molar-refractivity contribution in [2.75, 3.05) is 20.3 Å². The zero-order valence-electron chi connectivity index (χ0n) is 18.1. The molecule has 6 nitrogen and oxygen atoms in total. The number of unbranched alkanes of at least 4 members (excludes halogenated alkanes) is 2. The van der Waals surface area contributed by atoms with E-state index in [1.165, 1.54) is 6.42 Å². The minimum absolute atomic E-state index is 0. The molecular formula is C23H34ClNO5. The van der Waals surface area contributed by atoms with Crippen molar-refractivity contribution >= 4 is 30.2 Å². The molecule has 1 heterocycles. The van der Waals surface area contributed by atoms with Crippen LogP contribution in [0.1, 0.15) is 70.4 Å². The second kappa shape index (κ2) is 14.8. The Balaban J connectivity index is 0.00000450. The molecule has 1 aliphatic rings. The van der Waals surface area contributed by atoms with Gasteiger partial charge >= 0.3 is 5.97 Å². The number of methoxy groups -OCH3 is 1. The topological polar surface area (TPSA) is 74.7 Å². The highest BCUT2D eigenvalue weighted by molar-refractivity contribution is 5.95. The molecule has 0 atom stereocenters. The van der Waals surface area contributed by atoms with Crippen molar-refractivity contribution in [1.29, 1.82) is 0 Å². The van der Waals surface area contributed by atoms with Gasteiger partial charge in [0.2, 0.25) is 0 Å². The molecular weight excluding hydrogens is 406 g/mol. The molecule has 1 saturated carbocycles. The Morgan fingerprint density at radius 3 is 2.60 bits per heavy atom. The molecule has 1 aromatic rings. The second-order valence-electron chi connectivity index (χ2n) is 7.29. The van der Waals surface area contributed by atoms with Gasteiger partial charge in [-0.05, 0) is 51.2 Å². The molecule has 0 N–H and O–H groups in total. The Morgan fingerprint density at radius 1 is 1.13 bits per heavy atom. The van der Waals surface area contributed by atoms with Gasteiger partial charge < -0.3 is 14.2 Å². The van der Waals surface area contributed by atoms with Gasteiger partial charge in [-0.2, -0.15) is 0 Å². The second-order valence-corrected chi connectivity index (χ2v) is 7.29. The number of carbonyl (C=O) groups excluding carboxylic acids is 2. The van der Waals surface area contributed by atoms with Crippen LogP contribution in [0.3, 0.4) is 0 Å². The third-order valence-corrected chi connectivity index (χ3v) is 5.09. The summed E-state index contributed by atoms with van der Waals surface area (Å²) in [4.78, 5) is 28.0. The first-order valence-electron chi connectivity index (χ1n) is 10.7. The van der Waals surface area contributed by atoms with Crippen LogP contribution < -0.4 is 9.47 Å². The summed E-state index contributed by atoms with van der Waals surface area (Å²) in [6.07, 6.45) is 13.4. The number of hydrogen-bond donors (Lipinski definition) is 0. The van der Waals surface area contributed by atoms with Crippen molar-refractivity contribution in [3.63, 3.8) is 0 Å². The van der Waals surface area contributed by atoms with Crippen LogP contribution in [-0.4, -0.2) is 37.1 Å². The molecule has 168 valence electrons. The van der Waals surface area contributed by atoms with Gasteiger partial charge in [0.05, 0.1) is 32.2 Å². The summed E-state index contributed by atoms with van der Waals surface area (Å²) < 4.78 is 16.1. The van der Waals surface area contributed by atoms with Crippen molar-refractivity contribution in [2.45, 2.75) is 64.7 Å². The Kier molecular flexibility index (Phi) is 12.8. The highest BCUT2D eigenvalue weighted by Crippen LogP contribution is 2.28. The van der Waals surface area contributed by atoms with E-state index in [1.807, 2.05) is 6.92 Å². The highest BCUT2D eigenvalue weighted by atomic mass is 35.5. The first kappa shape index (κ1) is 26.0. The first-order valence-corrected chi connectivity index (χ1v) is 10.7. The van der Waals surface area contributed by atoms with Crippen molar-refractivity contribution in [3.8, 4) is 11.5 Å². The van der Waals surface area contributed by atoms with Crippen LogP contribution in [0.4, 0.5) is 0 Å². The van der Waals surface area contributed by atoms with Crippen molar-refractivity contribution in [2.24, 2.45) is 5.92 Å². The zero-order chi connectivity index (χ0) is 20.9. The van der Waals surface area contributed by atoms with E-state index < -0.39 is 0 Å². The molecule has 0 spiro atoms. The average molecular weight is 440 g/mol. The van der Waals surface area contributed by atoms with E-state index in [1.54, 1.807) is 31.5 Å². The lowest BCUT2D eigenvalue weighted by Gasteiger charge is -2.18. The predicted octanol–water partition coefficient (Wildman–Crippen LogP) is 5.18. The summed E-state index contributed by atoms with van der Waals surface area (Å²) in [7, 11) is 1.57. The fourth-order valence-electron chi connectivity index (χ4n) is 3.45. The molecule has 0 aliphatic heterocycles. The fourth-order valence-corrected chi connectivity index (χ4v) is 3.45. The number of rotatable bonds is 12. The van der Waals surface area contributed by atoms with Crippen LogP contribution in [0, 0.1) is 5.92 Å². The van der Waals surface area contributed by atoms with Crippen LogP contribution in [-0.2, 0) is 14.3 Å². The molecule has 1 fully saturated rings. The van der Waals surface area contributed by atoms with Crippen molar-refractivity contribution in [3.05, 3.63) is 24.0 Å². The van der Waals surface area contributed by atoms with E-state index in [-0.39, 0.29) is 30.1 Å². The van der Waals surface area contributed by atoms with E-state index in [0.717, 1.165) is 44.9 Å². The molecule has 0 radical (unpaired) electrons. The summed E-state index contributed by atoms with van der Waals surface area (Å²) >= 11 is 0. The number of pyridine rings is 1. The van der Waals surface area contributed by atoms with Gasteiger partial charge in [0, 0.05) is 18.4 Å². The largest absolute Gasteiger partial charge is 0.491 e. The normalized spacial score (nSPS) is 14.2.